The molecule has 0 unspecified atom stereocenters. The first-order chi connectivity index (χ1) is 18.3. The molecule has 0 amide bonds. The van der Waals surface area contributed by atoms with Crippen molar-refractivity contribution >= 4 is 20.0 Å². The highest BCUT2D eigenvalue weighted by molar-refractivity contribution is 7.92. The minimum absolute atomic E-state index is 0.136. The summed E-state index contributed by atoms with van der Waals surface area (Å²) >= 11 is 0. The second kappa shape index (κ2) is 18.3. The summed E-state index contributed by atoms with van der Waals surface area (Å²) in [4.78, 5) is -0.612. The lowest BCUT2D eigenvalue weighted by Gasteiger charge is -2.26. The van der Waals surface area contributed by atoms with Crippen molar-refractivity contribution < 1.29 is 16.8 Å². The molecule has 0 aliphatic rings. The van der Waals surface area contributed by atoms with Crippen LogP contribution in [0.5, 0.6) is 0 Å². The Kier molecular flexibility index (Phi) is 15.9. The smallest absolute Gasteiger partial charge is 0.207 e. The van der Waals surface area contributed by atoms with E-state index in [0.717, 1.165) is 0 Å². The van der Waals surface area contributed by atoms with Crippen LogP contribution in [0, 0.1) is 45.3 Å². The van der Waals surface area contributed by atoms with Crippen molar-refractivity contribution in [1.29, 1.82) is 21.0 Å². The molecule has 1 aromatic rings. The molecule has 0 radical (unpaired) electrons. The number of rotatable bonds is 20. The fraction of sp³-hybridized carbons (Fsp3) is 0.615. The maximum absolute atomic E-state index is 13.8. The molecular formula is C26H36N6O4S2. The van der Waals surface area contributed by atoms with Gasteiger partial charge in [0.25, 0.3) is 0 Å². The van der Waals surface area contributed by atoms with Gasteiger partial charge in [-0.2, -0.15) is 29.7 Å². The summed E-state index contributed by atoms with van der Waals surface area (Å²) in [5.74, 6) is 0. The highest BCUT2D eigenvalue weighted by Crippen LogP contribution is 2.28. The lowest BCUT2D eigenvalue weighted by atomic mass is 10.2. The van der Waals surface area contributed by atoms with Gasteiger partial charge in [0.05, 0.1) is 24.3 Å². The Morgan fingerprint density at radius 1 is 0.500 bits per heavy atom. The van der Waals surface area contributed by atoms with E-state index in [2.05, 4.69) is 0 Å². The van der Waals surface area contributed by atoms with Crippen LogP contribution in [0.3, 0.4) is 0 Å². The van der Waals surface area contributed by atoms with E-state index in [1.807, 2.05) is 24.3 Å². The summed E-state index contributed by atoms with van der Waals surface area (Å²) in [6, 6.07) is 13.7. The van der Waals surface area contributed by atoms with E-state index < -0.39 is 20.0 Å². The van der Waals surface area contributed by atoms with E-state index in [0.29, 0.717) is 77.0 Å². The lowest BCUT2D eigenvalue weighted by molar-refractivity contribution is 0.384. The fourth-order valence-corrected chi connectivity index (χ4v) is 7.64. The normalized spacial score (nSPS) is 11.5. The number of nitrogens with zero attached hydrogens (tertiary/aromatic N) is 6. The predicted octanol–water partition coefficient (Wildman–Crippen LogP) is 4.44. The molecule has 38 heavy (non-hydrogen) atoms. The molecule has 0 spiro atoms. The van der Waals surface area contributed by atoms with E-state index in [1.54, 1.807) is 0 Å². The zero-order chi connectivity index (χ0) is 28.3. The molecule has 0 saturated carbocycles. The van der Waals surface area contributed by atoms with Crippen molar-refractivity contribution in [2.45, 2.75) is 86.8 Å². The van der Waals surface area contributed by atoms with Crippen LogP contribution in [-0.4, -0.2) is 51.6 Å². The number of unbranched alkanes of at least 4 members (excludes halogenated alkanes) is 8. The maximum atomic E-state index is 13.8. The molecule has 0 bridgehead atoms. The van der Waals surface area contributed by atoms with E-state index in [9.17, 15) is 16.8 Å². The summed E-state index contributed by atoms with van der Waals surface area (Å²) in [5.41, 5.74) is 0. The van der Waals surface area contributed by atoms with Crippen molar-refractivity contribution in [2.24, 2.45) is 0 Å². The van der Waals surface area contributed by atoms with Crippen LogP contribution in [0.15, 0.2) is 34.1 Å². The van der Waals surface area contributed by atoms with Gasteiger partial charge >= 0.3 is 0 Å². The average Bonchev–Trinajstić information content (AvgIpc) is 2.91. The summed E-state index contributed by atoms with van der Waals surface area (Å²) in [5, 5.41) is 35.3. The van der Waals surface area contributed by atoms with Gasteiger partial charge in [-0.05, 0) is 63.5 Å². The minimum atomic E-state index is -4.21. The number of benzene rings is 1. The quantitative estimate of drug-likeness (QED) is 0.211. The largest absolute Gasteiger partial charge is 0.244 e. The number of hydrogen-bond donors (Lipinski definition) is 0. The number of hydrogen-bond acceptors (Lipinski definition) is 8. The summed E-state index contributed by atoms with van der Waals surface area (Å²) in [6.45, 7) is 0.544. The topological polar surface area (TPSA) is 170 Å². The van der Waals surface area contributed by atoms with Gasteiger partial charge in [0.1, 0.15) is 9.79 Å². The van der Waals surface area contributed by atoms with Gasteiger partial charge in [-0.3, -0.25) is 0 Å². The first-order valence-corrected chi connectivity index (χ1v) is 15.7. The van der Waals surface area contributed by atoms with E-state index >= 15 is 0 Å². The molecule has 0 fully saturated rings. The van der Waals surface area contributed by atoms with Crippen LogP contribution >= 0.6 is 0 Å². The fourth-order valence-electron chi connectivity index (χ4n) is 3.83. The van der Waals surface area contributed by atoms with Gasteiger partial charge in [0.2, 0.25) is 20.0 Å². The van der Waals surface area contributed by atoms with Crippen molar-refractivity contribution in [3.63, 3.8) is 0 Å². The Labute approximate surface area is 227 Å². The molecule has 0 saturated heterocycles. The lowest BCUT2D eigenvalue weighted by Crippen LogP contribution is -2.37. The summed E-state index contributed by atoms with van der Waals surface area (Å²) in [6.07, 6.45) is 5.01. The first kappa shape index (κ1) is 33.0. The van der Waals surface area contributed by atoms with Gasteiger partial charge in [-0.1, -0.05) is 12.1 Å². The molecule has 0 heterocycles. The second-order valence-electron chi connectivity index (χ2n) is 8.72. The Balaban J connectivity index is 3.36. The highest BCUT2D eigenvalue weighted by atomic mass is 32.2. The highest BCUT2D eigenvalue weighted by Gasteiger charge is 2.33. The Hall–Kier alpha value is -3.00. The van der Waals surface area contributed by atoms with Crippen molar-refractivity contribution in [3.8, 4) is 24.3 Å². The standard InChI is InChI=1S/C26H36N6O4S2/c27-17-7-1-11-21-31(22-12-2-8-18-28)37(33,34)25-15-5-6-16-26(25)38(35,36)32(23-13-3-9-19-29)24-14-4-10-20-30/h5-6,15-16H,1-4,7-14,21-24H2. The molecule has 0 aliphatic heterocycles. The van der Waals surface area contributed by atoms with Crippen LogP contribution in [0.25, 0.3) is 0 Å². The van der Waals surface area contributed by atoms with Gasteiger partial charge in [0.15, 0.2) is 0 Å². The van der Waals surface area contributed by atoms with Gasteiger partial charge < -0.3 is 0 Å². The Morgan fingerprint density at radius 3 is 1.00 bits per heavy atom. The minimum Gasteiger partial charge on any atom is -0.207 e. The molecule has 1 rings (SSSR count). The third-order valence-corrected chi connectivity index (χ3v) is 9.91. The molecule has 10 nitrogen and oxygen atoms in total. The Bertz CT molecular complexity index is 1100. The van der Waals surface area contributed by atoms with Crippen molar-refractivity contribution in [2.75, 3.05) is 26.2 Å². The zero-order valence-electron chi connectivity index (χ0n) is 21.8. The van der Waals surface area contributed by atoms with Crippen LogP contribution in [0.2, 0.25) is 0 Å². The number of sulfonamides is 2. The van der Waals surface area contributed by atoms with Gasteiger partial charge in [0, 0.05) is 51.9 Å². The summed E-state index contributed by atoms with van der Waals surface area (Å²) < 4.78 is 57.7. The van der Waals surface area contributed by atoms with Gasteiger partial charge in [-0.25, -0.2) is 16.8 Å². The van der Waals surface area contributed by atoms with Crippen molar-refractivity contribution in [1.82, 2.24) is 8.61 Å². The predicted molar refractivity (Wildman–Crippen MR) is 142 cm³/mol. The monoisotopic (exact) mass is 560 g/mol. The summed E-state index contributed by atoms with van der Waals surface area (Å²) in [7, 11) is -8.41. The van der Waals surface area contributed by atoms with Crippen LogP contribution in [0.1, 0.15) is 77.0 Å². The molecule has 1 aromatic carbocycles. The first-order valence-electron chi connectivity index (χ1n) is 12.8. The second-order valence-corrected chi connectivity index (χ2v) is 12.5. The average molecular weight is 561 g/mol. The molecule has 0 aromatic heterocycles. The van der Waals surface area contributed by atoms with E-state index in [1.165, 1.54) is 32.9 Å². The van der Waals surface area contributed by atoms with Crippen LogP contribution < -0.4 is 0 Å². The third kappa shape index (κ3) is 10.8. The van der Waals surface area contributed by atoms with Crippen LogP contribution in [0.4, 0.5) is 0 Å². The Morgan fingerprint density at radius 2 is 0.763 bits per heavy atom. The molecular weight excluding hydrogens is 524 g/mol. The van der Waals surface area contributed by atoms with Crippen molar-refractivity contribution in [3.05, 3.63) is 24.3 Å². The van der Waals surface area contributed by atoms with Gasteiger partial charge in [-0.15, -0.1) is 0 Å². The third-order valence-electron chi connectivity index (χ3n) is 5.87. The molecule has 12 heteroatoms. The van der Waals surface area contributed by atoms with E-state index in [4.69, 9.17) is 21.0 Å². The van der Waals surface area contributed by atoms with E-state index in [-0.39, 0.29) is 36.0 Å². The molecule has 0 aliphatic carbocycles. The molecule has 0 N–H and O–H groups in total. The molecule has 0 atom stereocenters. The SMILES string of the molecule is N#CCCCCN(CCCCC#N)S(=O)(=O)c1ccccc1S(=O)(=O)N(CCCCC#N)CCCCC#N. The molecule has 206 valence electrons. The maximum Gasteiger partial charge on any atom is 0.244 e. The zero-order valence-corrected chi connectivity index (χ0v) is 23.4. The van der Waals surface area contributed by atoms with Crippen LogP contribution in [-0.2, 0) is 20.0 Å². The number of nitriles is 4.